The fourth-order valence-corrected chi connectivity index (χ4v) is 4.21. The van der Waals surface area contributed by atoms with Gasteiger partial charge in [-0.2, -0.15) is 0 Å². The maximum absolute atomic E-state index is 6.13. The summed E-state index contributed by atoms with van der Waals surface area (Å²) in [6.07, 6.45) is 3.66. The predicted octanol–water partition coefficient (Wildman–Crippen LogP) is 2.40. The lowest BCUT2D eigenvalue weighted by Crippen LogP contribution is -2.45. The Bertz CT molecular complexity index is 540. The van der Waals surface area contributed by atoms with Crippen LogP contribution >= 0.6 is 0 Å². The predicted molar refractivity (Wildman–Crippen MR) is 93.5 cm³/mol. The first-order valence-corrected chi connectivity index (χ1v) is 8.32. The minimum atomic E-state index is 0.379. The average Bonchev–Trinajstić information content (AvgIpc) is 2.75. The highest BCUT2D eigenvalue weighted by Gasteiger charge is 2.35. The van der Waals surface area contributed by atoms with E-state index in [4.69, 9.17) is 5.73 Å². The van der Waals surface area contributed by atoms with Gasteiger partial charge >= 0.3 is 0 Å². The lowest BCUT2D eigenvalue weighted by atomic mass is 9.41. The largest absolute Gasteiger partial charge is 0.327 e. The Morgan fingerprint density at radius 1 is 1.48 bits per heavy atom. The Morgan fingerprint density at radius 3 is 3.00 bits per heavy atom. The molecule has 2 atom stereocenters. The maximum Gasteiger partial charge on any atom is 0.178 e. The van der Waals surface area contributed by atoms with Gasteiger partial charge in [0.1, 0.15) is 0 Å². The molecule has 0 aliphatic carbocycles. The molecular formula is C18H27BN2. The number of hydrogen-bond acceptors (Lipinski definition) is 2. The van der Waals surface area contributed by atoms with Crippen LogP contribution in [0.5, 0.6) is 0 Å². The topological polar surface area (TPSA) is 29.3 Å². The normalized spacial score (nSPS) is 26.0. The second-order valence-electron chi connectivity index (χ2n) is 7.07. The van der Waals surface area contributed by atoms with Crippen LogP contribution in [0.2, 0.25) is 12.6 Å². The molecule has 2 nitrogen and oxygen atoms in total. The highest BCUT2D eigenvalue weighted by Crippen LogP contribution is 2.29. The SMILES string of the molecule is C=C(C)c1cccc2c1B(C)C(CN1CCCC(N)C1)C2. The summed E-state index contributed by atoms with van der Waals surface area (Å²) >= 11 is 0. The van der Waals surface area contributed by atoms with Crippen molar-refractivity contribution in [1.29, 1.82) is 0 Å². The molecule has 2 N–H and O–H groups in total. The molecule has 1 aromatic carbocycles. The van der Waals surface area contributed by atoms with E-state index in [1.807, 2.05) is 0 Å². The van der Waals surface area contributed by atoms with Crippen molar-refractivity contribution in [3.05, 3.63) is 35.9 Å². The standard InChI is InChI=1S/C18H27BN2/c1-13(2)17-8-4-6-14-10-15(19(3)18(14)17)11-21-9-5-7-16(20)12-21/h4,6,8,15-16H,1,5,7,9-12,20H2,2-3H3. The molecule has 21 heavy (non-hydrogen) atoms. The van der Waals surface area contributed by atoms with Gasteiger partial charge in [0.05, 0.1) is 0 Å². The number of nitrogens with zero attached hydrogens (tertiary/aromatic N) is 1. The molecule has 0 saturated carbocycles. The molecule has 0 aromatic heterocycles. The summed E-state index contributed by atoms with van der Waals surface area (Å²) in [5.74, 6) is 0.728. The van der Waals surface area contributed by atoms with Gasteiger partial charge in [-0.3, -0.25) is 0 Å². The molecule has 0 amide bonds. The molecular weight excluding hydrogens is 255 g/mol. The number of benzene rings is 1. The van der Waals surface area contributed by atoms with Crippen molar-refractivity contribution in [2.45, 2.75) is 44.9 Å². The number of fused-ring (bicyclic) bond motifs is 1. The number of nitrogens with two attached hydrogens (primary N) is 1. The van der Waals surface area contributed by atoms with E-state index >= 15 is 0 Å². The summed E-state index contributed by atoms with van der Waals surface area (Å²) < 4.78 is 0. The van der Waals surface area contributed by atoms with Gasteiger partial charge in [-0.1, -0.05) is 48.2 Å². The molecule has 2 aliphatic heterocycles. The van der Waals surface area contributed by atoms with Crippen LogP contribution in [0.15, 0.2) is 24.8 Å². The highest BCUT2D eigenvalue weighted by molar-refractivity contribution is 6.76. The lowest BCUT2D eigenvalue weighted by Gasteiger charge is -2.33. The third-order valence-corrected chi connectivity index (χ3v) is 5.34. The number of allylic oxidation sites excluding steroid dienone is 1. The van der Waals surface area contributed by atoms with Crippen LogP contribution in [0.3, 0.4) is 0 Å². The van der Waals surface area contributed by atoms with Crippen LogP contribution in [0.25, 0.3) is 5.57 Å². The third-order valence-electron chi connectivity index (χ3n) is 5.34. The van der Waals surface area contributed by atoms with Gasteiger partial charge in [0.15, 0.2) is 6.71 Å². The molecule has 0 bridgehead atoms. The molecule has 2 unspecified atom stereocenters. The second kappa shape index (κ2) is 5.98. The van der Waals surface area contributed by atoms with Crippen LogP contribution in [-0.4, -0.2) is 37.3 Å². The van der Waals surface area contributed by atoms with Crippen molar-refractivity contribution in [2.75, 3.05) is 19.6 Å². The summed E-state index contributed by atoms with van der Waals surface area (Å²) in [4.78, 5) is 2.58. The zero-order valence-electron chi connectivity index (χ0n) is 13.4. The van der Waals surface area contributed by atoms with Crippen molar-refractivity contribution in [1.82, 2.24) is 4.90 Å². The molecule has 0 spiro atoms. The summed E-state index contributed by atoms with van der Waals surface area (Å²) in [5.41, 5.74) is 11.8. The number of hydrogen-bond donors (Lipinski definition) is 1. The van der Waals surface area contributed by atoms with E-state index in [1.54, 1.807) is 5.46 Å². The van der Waals surface area contributed by atoms with E-state index in [1.165, 1.54) is 49.1 Å². The Balaban J connectivity index is 1.76. The Morgan fingerprint density at radius 2 is 2.29 bits per heavy atom. The molecule has 2 heterocycles. The Kier molecular flexibility index (Phi) is 4.23. The zero-order chi connectivity index (χ0) is 15.0. The van der Waals surface area contributed by atoms with Crippen LogP contribution in [0.1, 0.15) is 30.9 Å². The fourth-order valence-electron chi connectivity index (χ4n) is 4.21. The highest BCUT2D eigenvalue weighted by atomic mass is 15.1. The maximum atomic E-state index is 6.13. The quantitative estimate of drug-likeness (QED) is 0.863. The van der Waals surface area contributed by atoms with Crippen LogP contribution in [-0.2, 0) is 6.42 Å². The molecule has 1 aromatic rings. The first-order chi connectivity index (χ1) is 10.1. The zero-order valence-corrected chi connectivity index (χ0v) is 13.4. The van der Waals surface area contributed by atoms with Gasteiger partial charge in [0.2, 0.25) is 0 Å². The van der Waals surface area contributed by atoms with Gasteiger partial charge < -0.3 is 10.6 Å². The fraction of sp³-hybridized carbons (Fsp3) is 0.556. The minimum Gasteiger partial charge on any atom is -0.327 e. The van der Waals surface area contributed by atoms with E-state index in [-0.39, 0.29) is 0 Å². The molecule has 2 aliphatic rings. The van der Waals surface area contributed by atoms with Gasteiger partial charge in [-0.15, -0.1) is 0 Å². The average molecular weight is 282 g/mol. The molecule has 0 radical (unpaired) electrons. The van der Waals surface area contributed by atoms with E-state index < -0.39 is 0 Å². The Labute approximate surface area is 129 Å². The van der Waals surface area contributed by atoms with Crippen molar-refractivity contribution in [2.24, 2.45) is 5.73 Å². The van der Waals surface area contributed by atoms with Crippen molar-refractivity contribution >= 4 is 17.7 Å². The van der Waals surface area contributed by atoms with E-state index in [0.717, 1.165) is 12.4 Å². The number of likely N-dealkylation sites (tertiary alicyclic amines) is 1. The number of piperidine rings is 1. The van der Waals surface area contributed by atoms with Crippen molar-refractivity contribution < 1.29 is 0 Å². The first kappa shape index (κ1) is 14.9. The lowest BCUT2D eigenvalue weighted by molar-refractivity contribution is 0.207. The van der Waals surface area contributed by atoms with Gasteiger partial charge in [-0.05, 0) is 50.7 Å². The van der Waals surface area contributed by atoms with Gasteiger partial charge in [0.25, 0.3) is 0 Å². The molecule has 112 valence electrons. The first-order valence-electron chi connectivity index (χ1n) is 8.32. The summed E-state index contributed by atoms with van der Waals surface area (Å²) in [5, 5.41) is 0. The van der Waals surface area contributed by atoms with Crippen molar-refractivity contribution in [3.8, 4) is 0 Å². The molecule has 1 saturated heterocycles. The smallest absolute Gasteiger partial charge is 0.178 e. The van der Waals surface area contributed by atoms with Crippen molar-refractivity contribution in [3.63, 3.8) is 0 Å². The summed E-state index contributed by atoms with van der Waals surface area (Å²) in [7, 11) is 0. The van der Waals surface area contributed by atoms with Crippen LogP contribution < -0.4 is 11.2 Å². The van der Waals surface area contributed by atoms with Gasteiger partial charge in [-0.25, -0.2) is 0 Å². The summed E-state index contributed by atoms with van der Waals surface area (Å²) in [6, 6.07) is 7.11. The van der Waals surface area contributed by atoms with Crippen LogP contribution in [0, 0.1) is 0 Å². The minimum absolute atomic E-state index is 0.379. The molecule has 3 heteroatoms. The monoisotopic (exact) mass is 282 g/mol. The van der Waals surface area contributed by atoms with Gasteiger partial charge in [0, 0.05) is 12.6 Å². The summed E-state index contributed by atoms with van der Waals surface area (Å²) in [6.45, 7) is 12.8. The Hall–Kier alpha value is -1.06. The third kappa shape index (κ3) is 2.95. The van der Waals surface area contributed by atoms with E-state index in [2.05, 4.69) is 43.4 Å². The second-order valence-corrected chi connectivity index (χ2v) is 7.07. The molecule has 3 rings (SSSR count). The van der Waals surface area contributed by atoms with Crippen LogP contribution in [0.4, 0.5) is 0 Å². The molecule has 1 fully saturated rings. The van der Waals surface area contributed by atoms with E-state index in [0.29, 0.717) is 12.8 Å². The van der Waals surface area contributed by atoms with E-state index in [9.17, 15) is 0 Å². The number of rotatable bonds is 3.